The SMILES string of the molecule is CC1CCCN(CC(C)NC(=O)C2CCN(S(=O)(=O)c3cc(Cl)ccc3Cl)CC2)C1. The zero-order valence-electron chi connectivity index (χ0n) is 17.6. The van der Waals surface area contributed by atoms with E-state index in [9.17, 15) is 13.2 Å². The molecule has 1 aromatic carbocycles. The Balaban J connectivity index is 1.52. The third-order valence-corrected chi connectivity index (χ3v) is 8.61. The molecule has 3 rings (SSSR count). The molecule has 2 atom stereocenters. The summed E-state index contributed by atoms with van der Waals surface area (Å²) in [6, 6.07) is 4.50. The molecule has 0 radical (unpaired) electrons. The Morgan fingerprint density at radius 1 is 1.20 bits per heavy atom. The van der Waals surface area contributed by atoms with Gasteiger partial charge in [0, 0.05) is 43.2 Å². The van der Waals surface area contributed by atoms with Gasteiger partial charge in [-0.2, -0.15) is 4.31 Å². The highest BCUT2D eigenvalue weighted by atomic mass is 35.5. The highest BCUT2D eigenvalue weighted by Crippen LogP contribution is 2.30. The zero-order valence-corrected chi connectivity index (χ0v) is 19.9. The first-order valence-corrected chi connectivity index (χ1v) is 12.8. The van der Waals surface area contributed by atoms with Crippen molar-refractivity contribution in [2.75, 3.05) is 32.7 Å². The van der Waals surface area contributed by atoms with Gasteiger partial charge in [-0.05, 0) is 63.3 Å². The highest BCUT2D eigenvalue weighted by Gasteiger charge is 2.33. The fraction of sp³-hybridized carbons (Fsp3) is 0.667. The van der Waals surface area contributed by atoms with Crippen molar-refractivity contribution in [2.45, 2.75) is 50.5 Å². The first-order valence-electron chi connectivity index (χ1n) is 10.6. The van der Waals surface area contributed by atoms with Crippen molar-refractivity contribution in [1.29, 1.82) is 0 Å². The Hall–Kier alpha value is -0.860. The Morgan fingerprint density at radius 2 is 1.90 bits per heavy atom. The topological polar surface area (TPSA) is 69.7 Å². The van der Waals surface area contributed by atoms with E-state index in [4.69, 9.17) is 23.2 Å². The average molecular weight is 476 g/mol. The minimum atomic E-state index is -3.73. The molecular formula is C21H31Cl2N3O3S. The van der Waals surface area contributed by atoms with E-state index in [1.54, 1.807) is 6.07 Å². The molecule has 0 aromatic heterocycles. The largest absolute Gasteiger partial charge is 0.352 e. The summed E-state index contributed by atoms with van der Waals surface area (Å²) < 4.78 is 27.3. The van der Waals surface area contributed by atoms with Gasteiger partial charge in [0.25, 0.3) is 0 Å². The van der Waals surface area contributed by atoms with Crippen LogP contribution in [0.3, 0.4) is 0 Å². The van der Waals surface area contributed by atoms with Crippen LogP contribution in [0.2, 0.25) is 10.0 Å². The molecule has 2 unspecified atom stereocenters. The lowest BCUT2D eigenvalue weighted by Gasteiger charge is -2.34. The summed E-state index contributed by atoms with van der Waals surface area (Å²) in [6.07, 6.45) is 3.48. The summed E-state index contributed by atoms with van der Waals surface area (Å²) in [4.78, 5) is 15.1. The van der Waals surface area contributed by atoms with Crippen molar-refractivity contribution in [3.05, 3.63) is 28.2 Å². The number of likely N-dealkylation sites (tertiary alicyclic amines) is 1. The van der Waals surface area contributed by atoms with E-state index < -0.39 is 10.0 Å². The number of carbonyl (C=O) groups excluding carboxylic acids is 1. The monoisotopic (exact) mass is 475 g/mol. The maximum atomic E-state index is 12.9. The zero-order chi connectivity index (χ0) is 21.9. The molecule has 2 aliphatic rings. The second kappa shape index (κ2) is 10.2. The maximum Gasteiger partial charge on any atom is 0.244 e. The molecule has 168 valence electrons. The summed E-state index contributed by atoms with van der Waals surface area (Å²) >= 11 is 12.0. The molecule has 2 heterocycles. The molecule has 2 fully saturated rings. The van der Waals surface area contributed by atoms with Crippen molar-refractivity contribution in [1.82, 2.24) is 14.5 Å². The van der Waals surface area contributed by atoms with Gasteiger partial charge in [-0.15, -0.1) is 0 Å². The molecular weight excluding hydrogens is 445 g/mol. The van der Waals surface area contributed by atoms with Gasteiger partial charge in [-0.1, -0.05) is 30.1 Å². The van der Waals surface area contributed by atoms with Crippen LogP contribution in [0.25, 0.3) is 0 Å². The fourth-order valence-electron chi connectivity index (χ4n) is 4.42. The van der Waals surface area contributed by atoms with E-state index in [2.05, 4.69) is 17.1 Å². The van der Waals surface area contributed by atoms with E-state index in [0.29, 0.717) is 36.9 Å². The van der Waals surface area contributed by atoms with Gasteiger partial charge in [0.15, 0.2) is 0 Å². The third kappa shape index (κ3) is 5.88. The highest BCUT2D eigenvalue weighted by molar-refractivity contribution is 7.89. The Bertz CT molecular complexity index is 857. The molecule has 1 N–H and O–H groups in total. The lowest BCUT2D eigenvalue weighted by molar-refractivity contribution is -0.126. The smallest absolute Gasteiger partial charge is 0.244 e. The quantitative estimate of drug-likeness (QED) is 0.681. The summed E-state index contributed by atoms with van der Waals surface area (Å²) in [5.41, 5.74) is 0. The third-order valence-electron chi connectivity index (χ3n) is 6.00. The molecule has 1 aromatic rings. The minimum Gasteiger partial charge on any atom is -0.352 e. The van der Waals surface area contributed by atoms with Gasteiger partial charge in [-0.25, -0.2) is 8.42 Å². The molecule has 2 aliphatic heterocycles. The number of piperidine rings is 2. The standard InChI is InChI=1S/C21H31Cl2N3O3S/c1-15-4-3-9-25(13-15)14-16(2)24-21(27)17-7-10-26(11-8-17)30(28,29)20-12-18(22)5-6-19(20)23/h5-6,12,15-17H,3-4,7-11,13-14H2,1-2H3,(H,24,27). The van der Waals surface area contributed by atoms with Crippen LogP contribution in [0.5, 0.6) is 0 Å². The number of hydrogen-bond acceptors (Lipinski definition) is 4. The van der Waals surface area contributed by atoms with E-state index in [0.717, 1.165) is 19.6 Å². The predicted octanol–water partition coefficient (Wildman–Crippen LogP) is 3.63. The molecule has 6 nitrogen and oxygen atoms in total. The van der Waals surface area contributed by atoms with Crippen molar-refractivity contribution < 1.29 is 13.2 Å². The number of benzene rings is 1. The van der Waals surface area contributed by atoms with Crippen LogP contribution < -0.4 is 5.32 Å². The first kappa shape index (κ1) is 23.8. The number of carbonyl (C=O) groups is 1. The number of nitrogens with zero attached hydrogens (tertiary/aromatic N) is 2. The molecule has 0 aliphatic carbocycles. The number of rotatable bonds is 6. The molecule has 2 saturated heterocycles. The van der Waals surface area contributed by atoms with Gasteiger partial charge >= 0.3 is 0 Å². The predicted molar refractivity (Wildman–Crippen MR) is 120 cm³/mol. The van der Waals surface area contributed by atoms with Gasteiger partial charge in [-0.3, -0.25) is 4.79 Å². The van der Waals surface area contributed by atoms with Gasteiger partial charge in [0.1, 0.15) is 4.90 Å². The summed E-state index contributed by atoms with van der Waals surface area (Å²) in [6.45, 7) is 7.93. The van der Waals surface area contributed by atoms with Crippen molar-refractivity contribution in [3.8, 4) is 0 Å². The van der Waals surface area contributed by atoms with Gasteiger partial charge in [0.2, 0.25) is 15.9 Å². The van der Waals surface area contributed by atoms with Crippen LogP contribution in [0.15, 0.2) is 23.1 Å². The molecule has 0 bridgehead atoms. The lowest BCUT2D eigenvalue weighted by Crippen LogP contribution is -2.48. The summed E-state index contributed by atoms with van der Waals surface area (Å²) in [5.74, 6) is 0.556. The Labute approximate surface area is 189 Å². The minimum absolute atomic E-state index is 0.0175. The second-order valence-corrected chi connectivity index (χ2v) is 11.4. The number of amides is 1. The Kier molecular flexibility index (Phi) is 8.07. The average Bonchev–Trinajstić information content (AvgIpc) is 2.69. The van der Waals surface area contributed by atoms with Gasteiger partial charge in [0.05, 0.1) is 5.02 Å². The fourth-order valence-corrected chi connectivity index (χ4v) is 6.63. The first-order chi connectivity index (χ1) is 14.2. The van der Waals surface area contributed by atoms with Crippen LogP contribution in [0.1, 0.15) is 39.5 Å². The summed E-state index contributed by atoms with van der Waals surface area (Å²) in [5, 5.41) is 3.60. The number of halogens is 2. The van der Waals surface area contributed by atoms with Crippen LogP contribution in [0, 0.1) is 11.8 Å². The molecule has 9 heteroatoms. The van der Waals surface area contributed by atoms with Crippen LogP contribution >= 0.6 is 23.2 Å². The van der Waals surface area contributed by atoms with Crippen molar-refractivity contribution in [3.63, 3.8) is 0 Å². The number of nitrogens with one attached hydrogen (secondary N) is 1. The van der Waals surface area contributed by atoms with E-state index in [1.807, 2.05) is 6.92 Å². The van der Waals surface area contributed by atoms with Crippen LogP contribution in [-0.2, 0) is 14.8 Å². The second-order valence-electron chi connectivity index (χ2n) is 8.67. The van der Waals surface area contributed by atoms with Gasteiger partial charge < -0.3 is 10.2 Å². The molecule has 1 amide bonds. The molecule has 0 saturated carbocycles. The van der Waals surface area contributed by atoms with Crippen molar-refractivity contribution >= 4 is 39.1 Å². The molecule has 30 heavy (non-hydrogen) atoms. The summed E-state index contributed by atoms with van der Waals surface area (Å²) in [7, 11) is -3.73. The number of sulfonamides is 1. The van der Waals surface area contributed by atoms with E-state index in [1.165, 1.54) is 29.3 Å². The van der Waals surface area contributed by atoms with E-state index >= 15 is 0 Å². The van der Waals surface area contributed by atoms with Crippen molar-refractivity contribution in [2.24, 2.45) is 11.8 Å². The van der Waals surface area contributed by atoms with Crippen LogP contribution in [-0.4, -0.2) is 62.3 Å². The van der Waals surface area contributed by atoms with Crippen LogP contribution in [0.4, 0.5) is 0 Å². The Morgan fingerprint density at radius 3 is 2.57 bits per heavy atom. The number of hydrogen-bond donors (Lipinski definition) is 1. The van der Waals surface area contributed by atoms with E-state index in [-0.39, 0.29) is 27.8 Å². The normalized spacial score (nSPS) is 23.3. The molecule has 0 spiro atoms. The maximum absolute atomic E-state index is 12.9. The lowest BCUT2D eigenvalue weighted by atomic mass is 9.96.